The molecular formula is C19H17ClN2O3S2. The number of anilines is 1. The molecule has 0 radical (unpaired) electrons. The van der Waals surface area contributed by atoms with E-state index in [2.05, 4.69) is 4.99 Å². The molecule has 4 rings (SSSR count). The van der Waals surface area contributed by atoms with Gasteiger partial charge in [0.15, 0.2) is 15.0 Å². The van der Waals surface area contributed by atoms with Crippen LogP contribution in [-0.2, 0) is 9.84 Å². The summed E-state index contributed by atoms with van der Waals surface area (Å²) in [5.41, 5.74) is 2.24. The highest BCUT2D eigenvalue weighted by Crippen LogP contribution is 2.42. The smallest absolute Gasteiger partial charge is 0.279 e. The van der Waals surface area contributed by atoms with Crippen molar-refractivity contribution in [1.29, 1.82) is 0 Å². The lowest BCUT2D eigenvalue weighted by Gasteiger charge is -2.26. The van der Waals surface area contributed by atoms with Gasteiger partial charge < -0.3 is 4.90 Å². The van der Waals surface area contributed by atoms with Crippen molar-refractivity contribution >= 4 is 50.0 Å². The molecule has 2 aliphatic heterocycles. The fourth-order valence-electron chi connectivity index (χ4n) is 3.42. The minimum absolute atomic E-state index is 0.0508. The second kappa shape index (κ2) is 6.96. The normalized spacial score (nSPS) is 25.0. The Kier molecular flexibility index (Phi) is 4.78. The zero-order valence-corrected chi connectivity index (χ0v) is 16.9. The Bertz CT molecular complexity index is 1040. The molecule has 2 heterocycles. The summed E-state index contributed by atoms with van der Waals surface area (Å²) in [6.07, 6.45) is 0. The van der Waals surface area contributed by atoms with Crippen LogP contribution < -0.4 is 4.90 Å². The van der Waals surface area contributed by atoms with Gasteiger partial charge >= 0.3 is 0 Å². The van der Waals surface area contributed by atoms with Crippen LogP contribution in [0.4, 0.5) is 5.69 Å². The predicted molar refractivity (Wildman–Crippen MR) is 111 cm³/mol. The molecule has 2 atom stereocenters. The number of aryl methyl sites for hydroxylation is 1. The summed E-state index contributed by atoms with van der Waals surface area (Å²) in [7, 11) is -3.11. The number of halogens is 1. The van der Waals surface area contributed by atoms with Gasteiger partial charge in [0.1, 0.15) is 0 Å². The van der Waals surface area contributed by atoms with E-state index in [-0.39, 0.29) is 28.7 Å². The van der Waals surface area contributed by atoms with Gasteiger partial charge in [0, 0.05) is 21.5 Å². The SMILES string of the molecule is Cc1ccc(Cl)cc1N1C(=NC(=O)c2ccccc2)S[C@@H]2CS(=O)(=O)C[C@@H]21. The molecule has 0 bridgehead atoms. The molecule has 8 heteroatoms. The Morgan fingerprint density at radius 2 is 1.93 bits per heavy atom. The minimum Gasteiger partial charge on any atom is -0.315 e. The molecule has 0 saturated carbocycles. The predicted octanol–water partition coefficient (Wildman–Crippen LogP) is 3.56. The molecule has 2 aromatic rings. The number of hydrogen-bond donors (Lipinski definition) is 0. The maximum atomic E-state index is 12.6. The van der Waals surface area contributed by atoms with Gasteiger partial charge in [0.05, 0.1) is 17.5 Å². The van der Waals surface area contributed by atoms with E-state index in [9.17, 15) is 13.2 Å². The topological polar surface area (TPSA) is 66.8 Å². The van der Waals surface area contributed by atoms with Crippen molar-refractivity contribution in [1.82, 2.24) is 0 Å². The summed E-state index contributed by atoms with van der Waals surface area (Å²) in [5, 5.41) is 0.938. The fourth-order valence-corrected chi connectivity index (χ4v) is 7.49. The number of amides is 1. The average Bonchev–Trinajstić information content (AvgIpc) is 3.09. The van der Waals surface area contributed by atoms with E-state index in [1.54, 1.807) is 36.4 Å². The quantitative estimate of drug-likeness (QED) is 0.743. The summed E-state index contributed by atoms with van der Waals surface area (Å²) in [6.45, 7) is 1.93. The summed E-state index contributed by atoms with van der Waals surface area (Å²) in [6, 6.07) is 14.1. The van der Waals surface area contributed by atoms with Gasteiger partial charge in [0.25, 0.3) is 5.91 Å². The zero-order chi connectivity index (χ0) is 19.2. The maximum absolute atomic E-state index is 12.6. The second-order valence-corrected chi connectivity index (χ2v) is 10.5. The van der Waals surface area contributed by atoms with Crippen molar-refractivity contribution in [2.24, 2.45) is 4.99 Å². The Hall–Kier alpha value is -1.83. The van der Waals surface area contributed by atoms with E-state index >= 15 is 0 Å². The van der Waals surface area contributed by atoms with E-state index in [4.69, 9.17) is 11.6 Å². The van der Waals surface area contributed by atoms with Crippen LogP contribution in [0.25, 0.3) is 0 Å². The zero-order valence-electron chi connectivity index (χ0n) is 14.5. The molecule has 2 saturated heterocycles. The summed E-state index contributed by atoms with van der Waals surface area (Å²) in [4.78, 5) is 18.8. The highest BCUT2D eigenvalue weighted by Gasteiger charge is 2.49. The molecule has 2 aliphatic rings. The van der Waals surface area contributed by atoms with Crippen LogP contribution in [0.2, 0.25) is 5.02 Å². The number of aliphatic imine (C=N–C) groups is 1. The lowest BCUT2D eigenvalue weighted by molar-refractivity contribution is 0.100. The molecule has 2 fully saturated rings. The molecule has 0 N–H and O–H groups in total. The third-order valence-corrected chi connectivity index (χ3v) is 8.16. The van der Waals surface area contributed by atoms with Crippen molar-refractivity contribution < 1.29 is 13.2 Å². The van der Waals surface area contributed by atoms with Crippen molar-refractivity contribution in [2.75, 3.05) is 16.4 Å². The van der Waals surface area contributed by atoms with Gasteiger partial charge in [0.2, 0.25) is 0 Å². The number of hydrogen-bond acceptors (Lipinski definition) is 4. The first-order valence-corrected chi connectivity index (χ1v) is 11.5. The number of thioether (sulfide) groups is 1. The van der Waals surface area contributed by atoms with Gasteiger partial charge in [-0.1, -0.05) is 47.6 Å². The number of benzene rings is 2. The third-order valence-electron chi connectivity index (χ3n) is 4.72. The third kappa shape index (κ3) is 3.63. The highest BCUT2D eigenvalue weighted by molar-refractivity contribution is 8.16. The van der Waals surface area contributed by atoms with E-state index in [0.29, 0.717) is 15.8 Å². The number of carbonyl (C=O) groups is 1. The molecule has 0 unspecified atom stereocenters. The number of nitrogens with zero attached hydrogens (tertiary/aromatic N) is 2. The summed E-state index contributed by atoms with van der Waals surface area (Å²) >= 11 is 7.54. The second-order valence-electron chi connectivity index (χ2n) is 6.67. The van der Waals surface area contributed by atoms with Crippen LogP contribution in [0.1, 0.15) is 15.9 Å². The van der Waals surface area contributed by atoms with E-state index in [1.807, 2.05) is 24.0 Å². The Morgan fingerprint density at radius 3 is 2.67 bits per heavy atom. The number of amidine groups is 1. The summed E-state index contributed by atoms with van der Waals surface area (Å²) < 4.78 is 24.3. The van der Waals surface area contributed by atoms with Gasteiger partial charge in [-0.25, -0.2) is 8.42 Å². The Balaban J connectivity index is 1.78. The molecule has 0 spiro atoms. The van der Waals surface area contributed by atoms with Crippen LogP contribution in [-0.4, -0.2) is 42.3 Å². The van der Waals surface area contributed by atoms with E-state index in [0.717, 1.165) is 11.3 Å². The molecular weight excluding hydrogens is 404 g/mol. The van der Waals surface area contributed by atoms with Crippen LogP contribution in [0, 0.1) is 6.92 Å². The van der Waals surface area contributed by atoms with Crippen LogP contribution >= 0.6 is 23.4 Å². The van der Waals surface area contributed by atoms with Gasteiger partial charge in [-0.2, -0.15) is 4.99 Å². The van der Waals surface area contributed by atoms with Crippen molar-refractivity contribution in [3.05, 3.63) is 64.7 Å². The highest BCUT2D eigenvalue weighted by atomic mass is 35.5. The molecule has 2 aromatic carbocycles. The first-order chi connectivity index (χ1) is 12.8. The largest absolute Gasteiger partial charge is 0.315 e. The molecule has 0 aromatic heterocycles. The lowest BCUT2D eigenvalue weighted by Crippen LogP contribution is -2.38. The first kappa shape index (κ1) is 18.5. The number of fused-ring (bicyclic) bond motifs is 1. The standard InChI is InChI=1S/C19H17ClN2O3S2/c1-12-7-8-14(20)9-15(12)22-16-10-27(24,25)11-17(16)26-19(22)21-18(23)13-5-3-2-4-6-13/h2-9,16-17H,10-11H2,1H3/t16-,17+/m0/s1. The minimum atomic E-state index is -3.11. The number of carbonyl (C=O) groups excluding carboxylic acids is 1. The summed E-state index contributed by atoms with van der Waals surface area (Å²) in [5.74, 6) is -0.197. The van der Waals surface area contributed by atoms with E-state index in [1.165, 1.54) is 11.8 Å². The first-order valence-electron chi connectivity index (χ1n) is 8.44. The van der Waals surface area contributed by atoms with Crippen LogP contribution in [0.5, 0.6) is 0 Å². The van der Waals surface area contributed by atoms with Crippen molar-refractivity contribution in [3.8, 4) is 0 Å². The lowest BCUT2D eigenvalue weighted by atomic mass is 10.1. The molecule has 5 nitrogen and oxygen atoms in total. The number of rotatable bonds is 2. The molecule has 27 heavy (non-hydrogen) atoms. The van der Waals surface area contributed by atoms with Crippen molar-refractivity contribution in [3.63, 3.8) is 0 Å². The molecule has 1 amide bonds. The average molecular weight is 421 g/mol. The monoisotopic (exact) mass is 420 g/mol. The van der Waals surface area contributed by atoms with Crippen LogP contribution in [0.3, 0.4) is 0 Å². The Morgan fingerprint density at radius 1 is 1.19 bits per heavy atom. The van der Waals surface area contributed by atoms with Crippen molar-refractivity contribution in [2.45, 2.75) is 18.2 Å². The fraction of sp³-hybridized carbons (Fsp3) is 0.263. The van der Waals surface area contributed by atoms with Gasteiger partial charge in [-0.05, 0) is 36.8 Å². The van der Waals surface area contributed by atoms with E-state index < -0.39 is 9.84 Å². The maximum Gasteiger partial charge on any atom is 0.279 e. The van der Waals surface area contributed by atoms with Gasteiger partial charge in [-0.15, -0.1) is 0 Å². The number of sulfone groups is 1. The van der Waals surface area contributed by atoms with Crippen LogP contribution in [0.15, 0.2) is 53.5 Å². The molecule has 140 valence electrons. The Labute approximate surface area is 167 Å². The molecule has 0 aliphatic carbocycles. The van der Waals surface area contributed by atoms with Gasteiger partial charge in [-0.3, -0.25) is 4.79 Å².